The smallest absolute Gasteiger partial charge is 1.00 e. The van der Waals surface area contributed by atoms with Crippen molar-refractivity contribution in [1.82, 2.24) is 0 Å². The summed E-state index contributed by atoms with van der Waals surface area (Å²) in [5.74, 6) is 0. The largest absolute Gasteiger partial charge is 6.00 e. The molecule has 0 bridgehead atoms. The summed E-state index contributed by atoms with van der Waals surface area (Å²) < 4.78 is 0. The van der Waals surface area contributed by atoms with Crippen molar-refractivity contribution < 1.29 is 42.2 Å². The first-order chi connectivity index (χ1) is 10.5. The Bertz CT molecular complexity index is 574. The zero-order chi connectivity index (χ0) is 14.6. The van der Waals surface area contributed by atoms with Gasteiger partial charge in [0.25, 0.3) is 0 Å². The van der Waals surface area contributed by atoms with Gasteiger partial charge in [0.05, 0.1) is 0 Å². The van der Waals surface area contributed by atoms with Crippen molar-refractivity contribution in [2.45, 2.75) is 6.42 Å². The molecule has 0 atom stereocenters. The van der Waals surface area contributed by atoms with Gasteiger partial charge in [-0.2, -0.15) is 42.5 Å². The third-order valence-corrected chi connectivity index (χ3v) is 2.79. The summed E-state index contributed by atoms with van der Waals surface area (Å²) in [5.41, 5.74) is 2.35. The summed E-state index contributed by atoms with van der Waals surface area (Å²) in [5, 5.41) is 4.31. The van der Waals surface area contributed by atoms with Gasteiger partial charge in [-0.1, -0.05) is 30.3 Å². The van der Waals surface area contributed by atoms with Crippen LogP contribution in [-0.2, 0) is 17.4 Å². The Labute approximate surface area is 175 Å². The summed E-state index contributed by atoms with van der Waals surface area (Å²) >= 11 is 0. The number of fused-ring (bicyclic) bond motifs is 1. The zero-order valence-electron chi connectivity index (χ0n) is 14.1. The average Bonchev–Trinajstić information content (AvgIpc) is 3.17. The van der Waals surface area contributed by atoms with Crippen LogP contribution in [0.3, 0.4) is 0 Å². The minimum Gasteiger partial charge on any atom is -1.00 e. The van der Waals surface area contributed by atoms with Gasteiger partial charge in [-0.3, -0.25) is 6.08 Å². The van der Waals surface area contributed by atoms with Crippen LogP contribution in [0.2, 0.25) is 0 Å². The van der Waals surface area contributed by atoms with Crippen molar-refractivity contribution in [3.05, 3.63) is 109 Å². The van der Waals surface area contributed by atoms with Crippen LogP contribution >= 0.6 is 0 Å². The Hall–Kier alpha value is -1.43. The summed E-state index contributed by atoms with van der Waals surface area (Å²) in [4.78, 5) is 0. The number of allylic oxidation sites excluding steroid dienone is 4. The molecule has 0 amide bonds. The first-order valence-electron chi connectivity index (χ1n) is 7.03. The number of hydrogen-bond donors (Lipinski definition) is 0. The van der Waals surface area contributed by atoms with Gasteiger partial charge in [-0.25, -0.2) is 12.2 Å². The Kier molecular flexibility index (Phi) is 21.5. The fourth-order valence-electron chi connectivity index (χ4n) is 1.79. The van der Waals surface area contributed by atoms with E-state index in [4.69, 9.17) is 0 Å². The van der Waals surface area contributed by atoms with Crippen molar-refractivity contribution in [2.24, 2.45) is 0 Å². The van der Waals surface area contributed by atoms with E-state index in [1.165, 1.54) is 5.56 Å². The van der Waals surface area contributed by atoms with E-state index in [9.17, 15) is 0 Å². The van der Waals surface area contributed by atoms with Gasteiger partial charge in [-0.05, 0) is 5.56 Å². The molecule has 0 saturated heterocycles. The number of hydrogen-bond acceptors (Lipinski definition) is 0. The molecule has 4 rings (SSSR count). The molecule has 130 valence electrons. The molecule has 4 heteroatoms. The summed E-state index contributed by atoms with van der Waals surface area (Å²) in [7, 11) is 0. The zero-order valence-corrected chi connectivity index (χ0v) is 16.9. The first kappa shape index (κ1) is 28.4. The van der Waals surface area contributed by atoms with E-state index in [-0.39, 0.29) is 49.6 Å². The molecule has 0 unspecified atom stereocenters. The van der Waals surface area contributed by atoms with E-state index in [0.717, 1.165) is 18.7 Å². The maximum absolute atomic E-state index is 4.31. The van der Waals surface area contributed by atoms with Gasteiger partial charge in [0, 0.05) is 0 Å². The summed E-state index contributed by atoms with van der Waals surface area (Å²) in [6, 6.07) is 20.7. The molecule has 1 nitrogen and oxygen atoms in total. The molecular formula is C21H21Cl2CrN. The molecule has 1 aliphatic carbocycles. The molecule has 2 aromatic rings. The fourth-order valence-corrected chi connectivity index (χ4v) is 1.79. The molecular weight excluding hydrogens is 389 g/mol. The van der Waals surface area contributed by atoms with Crippen molar-refractivity contribution >= 4 is 11.8 Å². The maximum Gasteiger partial charge on any atom is 6.00 e. The molecule has 0 saturated carbocycles. The minimum absolute atomic E-state index is 0. The fraction of sp³-hybridized carbons (Fsp3) is 0.0952. The van der Waals surface area contributed by atoms with E-state index in [0.29, 0.717) is 0 Å². The van der Waals surface area contributed by atoms with Gasteiger partial charge in [0.2, 0.25) is 0 Å². The van der Waals surface area contributed by atoms with Crippen LogP contribution in [-0.4, -0.2) is 6.54 Å². The number of para-hydroxylation sites is 1. The third kappa shape index (κ3) is 12.6. The van der Waals surface area contributed by atoms with Crippen LogP contribution in [0.25, 0.3) is 11.4 Å². The molecule has 0 radical (unpaired) electrons. The number of nitrogens with zero attached hydrogens (tertiary/aromatic N) is 1. The van der Waals surface area contributed by atoms with Crippen molar-refractivity contribution in [2.75, 3.05) is 6.54 Å². The Balaban J connectivity index is -0.000000286. The van der Waals surface area contributed by atoms with Gasteiger partial charge >= 0.3 is 17.4 Å². The second kappa shape index (κ2) is 18.9. The van der Waals surface area contributed by atoms with E-state index in [2.05, 4.69) is 41.8 Å². The minimum atomic E-state index is 0. The number of halogens is 2. The Morgan fingerprint density at radius 2 is 1.60 bits per heavy atom. The maximum atomic E-state index is 4.31. The molecule has 0 spiro atoms. The molecule has 1 heterocycles. The van der Waals surface area contributed by atoms with Gasteiger partial charge < -0.3 is 37.6 Å². The molecule has 0 aromatic heterocycles. The van der Waals surface area contributed by atoms with E-state index in [1.807, 2.05) is 60.7 Å². The first-order valence-corrected chi connectivity index (χ1v) is 7.03. The van der Waals surface area contributed by atoms with Gasteiger partial charge in [-0.15, -0.1) is 24.7 Å². The van der Waals surface area contributed by atoms with Gasteiger partial charge in [0.15, 0.2) is 0 Å². The average molecular weight is 410 g/mol. The van der Waals surface area contributed by atoms with Crippen LogP contribution in [0.5, 0.6) is 0 Å². The van der Waals surface area contributed by atoms with E-state index < -0.39 is 0 Å². The van der Waals surface area contributed by atoms with Gasteiger partial charge in [0.1, 0.15) is 0 Å². The molecule has 0 N–H and O–H groups in total. The predicted octanol–water partition coefficient (Wildman–Crippen LogP) is -0.0331. The standard InChI is InChI=1S/C9H8N.C6H5.C5H5.CH3.2ClH.Cr/c1-2-6-9-8(4-1)5-3-7-10-9;1-2-4-6-5-3-1;1-2-4-5-3-1;;;;/h1-6H,7H2;1-5H;1-3H,4H2;1H3;2*1H;/q4*-1;;;+6/p-2. The van der Waals surface area contributed by atoms with Crippen molar-refractivity contribution in [3.63, 3.8) is 0 Å². The van der Waals surface area contributed by atoms with Crippen LogP contribution in [0.15, 0.2) is 78.9 Å². The Morgan fingerprint density at radius 3 is 2.04 bits per heavy atom. The van der Waals surface area contributed by atoms with E-state index >= 15 is 0 Å². The monoisotopic (exact) mass is 409 g/mol. The summed E-state index contributed by atoms with van der Waals surface area (Å²) in [6.45, 7) is 0.830. The molecule has 25 heavy (non-hydrogen) atoms. The van der Waals surface area contributed by atoms with Crippen LogP contribution in [0, 0.1) is 19.6 Å². The molecule has 0 fully saturated rings. The molecule has 2 aliphatic rings. The van der Waals surface area contributed by atoms with Crippen LogP contribution in [0.4, 0.5) is 5.69 Å². The summed E-state index contributed by atoms with van der Waals surface area (Å²) in [6.07, 6.45) is 14.2. The third-order valence-electron chi connectivity index (χ3n) is 2.79. The second-order valence-electron chi connectivity index (χ2n) is 4.38. The van der Waals surface area contributed by atoms with E-state index in [1.54, 1.807) is 0 Å². The normalized spacial score (nSPS) is 11.0. The number of benzene rings is 2. The quantitative estimate of drug-likeness (QED) is 0.542. The van der Waals surface area contributed by atoms with Crippen LogP contribution < -0.4 is 24.8 Å². The van der Waals surface area contributed by atoms with Crippen molar-refractivity contribution in [3.8, 4) is 0 Å². The topological polar surface area (TPSA) is 14.1 Å². The number of rotatable bonds is 0. The van der Waals surface area contributed by atoms with Crippen LogP contribution in [0.1, 0.15) is 12.0 Å². The Morgan fingerprint density at radius 1 is 0.880 bits per heavy atom. The molecule has 2 aromatic carbocycles. The predicted molar refractivity (Wildman–Crippen MR) is 96.6 cm³/mol. The van der Waals surface area contributed by atoms with Crippen molar-refractivity contribution in [1.29, 1.82) is 0 Å². The molecule has 1 aliphatic heterocycles. The second-order valence-corrected chi connectivity index (χ2v) is 4.38. The SMILES string of the molecule is C1=Cc2ccccc2[N-]C1.[C-]1=CC=CC1.[CH3-].[Cl-].[Cl-].[Cr+6].[c-]1ccccc1.